The average Bonchev–Trinajstić information content (AvgIpc) is 3.00. The van der Waals surface area contributed by atoms with Crippen LogP contribution in [-0.2, 0) is 16.1 Å². The molecule has 0 unspecified atom stereocenters. The Hall–Kier alpha value is -4.48. The van der Waals surface area contributed by atoms with Crippen LogP contribution in [-0.4, -0.2) is 80.5 Å². The first kappa shape index (κ1) is 28.6. The van der Waals surface area contributed by atoms with Crippen molar-refractivity contribution in [3.8, 4) is 11.5 Å². The van der Waals surface area contributed by atoms with Gasteiger partial charge in [-0.25, -0.2) is 19.9 Å². The molecule has 2 saturated heterocycles. The zero-order valence-electron chi connectivity index (χ0n) is 24.6. The fourth-order valence-corrected chi connectivity index (χ4v) is 5.56. The molecule has 1 atom stereocenters. The standard InChI is InChI=1S/C32H37N9O2/c1-22-5-3-7-27(35-22)30-33-14-12-28(38-30)37-29-13-15-34-32(39-29)36-26-10-8-23(9-11-26)19-41-16-4-6-25(20-41)31(42)43-21-24-17-40(2)18-24/h3,5,7-15,24-25H,4,6,16-21H2,1-2H3,(H2,33,34,36,37,38,39)/t25-/m0/s1. The zero-order chi connectivity index (χ0) is 29.6. The molecule has 4 aromatic rings. The zero-order valence-corrected chi connectivity index (χ0v) is 24.6. The first-order chi connectivity index (χ1) is 21.0. The Balaban J connectivity index is 1.01. The Kier molecular flexibility index (Phi) is 8.80. The second kappa shape index (κ2) is 13.2. The highest BCUT2D eigenvalue weighted by molar-refractivity contribution is 5.72. The van der Waals surface area contributed by atoms with Crippen LogP contribution < -0.4 is 10.6 Å². The van der Waals surface area contributed by atoms with Crippen LogP contribution in [0.4, 0.5) is 23.3 Å². The van der Waals surface area contributed by atoms with Gasteiger partial charge in [0.15, 0.2) is 5.82 Å². The number of benzene rings is 1. The summed E-state index contributed by atoms with van der Waals surface area (Å²) in [5, 5.41) is 6.51. The van der Waals surface area contributed by atoms with Gasteiger partial charge in [0.2, 0.25) is 5.95 Å². The maximum Gasteiger partial charge on any atom is 0.310 e. The van der Waals surface area contributed by atoms with Gasteiger partial charge in [-0.05, 0) is 75.3 Å². The Morgan fingerprint density at radius 2 is 1.72 bits per heavy atom. The molecule has 11 nitrogen and oxygen atoms in total. The fraction of sp³-hybridized carbons (Fsp3) is 0.375. The van der Waals surface area contributed by atoms with E-state index in [1.165, 1.54) is 5.56 Å². The lowest BCUT2D eigenvalue weighted by Crippen LogP contribution is -2.47. The molecule has 2 aliphatic rings. The maximum absolute atomic E-state index is 12.7. The van der Waals surface area contributed by atoms with Crippen molar-refractivity contribution < 1.29 is 9.53 Å². The van der Waals surface area contributed by atoms with Crippen molar-refractivity contribution >= 4 is 29.2 Å². The van der Waals surface area contributed by atoms with E-state index in [4.69, 9.17) is 4.74 Å². The highest BCUT2D eigenvalue weighted by Crippen LogP contribution is 2.23. The number of rotatable bonds is 10. The quantitative estimate of drug-likeness (QED) is 0.259. The first-order valence-corrected chi connectivity index (χ1v) is 14.8. The van der Waals surface area contributed by atoms with Crippen LogP contribution in [0.3, 0.4) is 0 Å². The van der Waals surface area contributed by atoms with Crippen LogP contribution >= 0.6 is 0 Å². The van der Waals surface area contributed by atoms with Crippen LogP contribution in [0.25, 0.3) is 11.5 Å². The van der Waals surface area contributed by atoms with Crippen molar-refractivity contribution in [2.24, 2.45) is 11.8 Å². The van der Waals surface area contributed by atoms with Gasteiger partial charge in [-0.3, -0.25) is 9.69 Å². The molecule has 2 aliphatic heterocycles. The summed E-state index contributed by atoms with van der Waals surface area (Å²) in [6, 6.07) is 17.6. The van der Waals surface area contributed by atoms with Gasteiger partial charge in [-0.1, -0.05) is 18.2 Å². The van der Waals surface area contributed by atoms with Crippen LogP contribution in [0, 0.1) is 18.8 Å². The van der Waals surface area contributed by atoms with Crippen molar-refractivity contribution in [1.29, 1.82) is 0 Å². The normalized spacial score (nSPS) is 17.7. The third-order valence-corrected chi connectivity index (χ3v) is 7.74. The Morgan fingerprint density at radius 1 is 0.930 bits per heavy atom. The number of carbonyl (C=O) groups excluding carboxylic acids is 1. The summed E-state index contributed by atoms with van der Waals surface area (Å²) in [5.41, 5.74) is 3.70. The van der Waals surface area contributed by atoms with Gasteiger partial charge >= 0.3 is 5.97 Å². The predicted molar refractivity (Wildman–Crippen MR) is 165 cm³/mol. The average molecular weight is 580 g/mol. The van der Waals surface area contributed by atoms with Gasteiger partial charge in [0.25, 0.3) is 0 Å². The number of piperidine rings is 1. The van der Waals surface area contributed by atoms with Crippen molar-refractivity contribution in [1.82, 2.24) is 34.7 Å². The molecule has 5 heterocycles. The smallest absolute Gasteiger partial charge is 0.310 e. The molecule has 0 bridgehead atoms. The molecular weight excluding hydrogens is 542 g/mol. The van der Waals surface area contributed by atoms with Gasteiger partial charge in [0, 0.05) is 55.9 Å². The van der Waals surface area contributed by atoms with Crippen LogP contribution in [0.5, 0.6) is 0 Å². The number of carbonyl (C=O) groups is 1. The summed E-state index contributed by atoms with van der Waals surface area (Å²) >= 11 is 0. The number of likely N-dealkylation sites (tertiary alicyclic amines) is 2. The van der Waals surface area contributed by atoms with Crippen molar-refractivity contribution in [2.45, 2.75) is 26.3 Å². The number of aromatic nitrogens is 5. The lowest BCUT2D eigenvalue weighted by atomic mass is 9.97. The molecule has 1 aromatic carbocycles. The van der Waals surface area contributed by atoms with E-state index < -0.39 is 0 Å². The highest BCUT2D eigenvalue weighted by Gasteiger charge is 2.29. The minimum Gasteiger partial charge on any atom is -0.465 e. The van der Waals surface area contributed by atoms with Crippen LogP contribution in [0.2, 0.25) is 0 Å². The van der Waals surface area contributed by atoms with Crippen molar-refractivity contribution in [2.75, 3.05) is 50.5 Å². The lowest BCUT2D eigenvalue weighted by Gasteiger charge is -2.36. The van der Waals surface area contributed by atoms with Crippen LogP contribution in [0.1, 0.15) is 24.1 Å². The van der Waals surface area contributed by atoms with E-state index in [0.29, 0.717) is 41.6 Å². The molecule has 0 aliphatic carbocycles. The SMILES string of the molecule is Cc1cccc(-c2nccc(Nc3ccnc(Nc4ccc(CN5CCC[C@H](C(=O)OCC6CN(C)C6)C5)cc4)n3)n2)n1. The Morgan fingerprint density at radius 3 is 2.51 bits per heavy atom. The number of ether oxygens (including phenoxy) is 1. The van der Waals surface area contributed by atoms with Gasteiger partial charge in [-0.15, -0.1) is 0 Å². The van der Waals surface area contributed by atoms with Crippen molar-refractivity contribution in [3.05, 3.63) is 78.2 Å². The molecule has 0 spiro atoms. The van der Waals surface area contributed by atoms with E-state index in [0.717, 1.165) is 56.9 Å². The van der Waals surface area contributed by atoms with E-state index in [2.05, 4.69) is 64.5 Å². The minimum atomic E-state index is -0.0429. The molecule has 43 heavy (non-hydrogen) atoms. The summed E-state index contributed by atoms with van der Waals surface area (Å²) < 4.78 is 5.65. The van der Waals surface area contributed by atoms with Crippen LogP contribution in [0.15, 0.2) is 67.0 Å². The number of nitrogens with zero attached hydrogens (tertiary/aromatic N) is 7. The topological polar surface area (TPSA) is 121 Å². The monoisotopic (exact) mass is 579 g/mol. The molecular formula is C32H37N9O2. The summed E-state index contributed by atoms with van der Waals surface area (Å²) in [4.78, 5) is 39.7. The van der Waals surface area contributed by atoms with E-state index in [1.807, 2.05) is 37.3 Å². The summed E-state index contributed by atoms with van der Waals surface area (Å²) in [5.74, 6) is 2.63. The second-order valence-electron chi connectivity index (χ2n) is 11.4. The molecule has 0 saturated carbocycles. The number of esters is 1. The molecule has 3 aromatic heterocycles. The predicted octanol–water partition coefficient (Wildman–Crippen LogP) is 4.44. The molecule has 6 rings (SSSR count). The molecule has 0 amide bonds. The Bertz CT molecular complexity index is 1540. The third-order valence-electron chi connectivity index (χ3n) is 7.74. The maximum atomic E-state index is 12.7. The van der Waals surface area contributed by atoms with Gasteiger partial charge < -0.3 is 20.3 Å². The van der Waals surface area contributed by atoms with E-state index in [-0.39, 0.29) is 11.9 Å². The lowest BCUT2D eigenvalue weighted by molar-refractivity contribution is -0.153. The van der Waals surface area contributed by atoms with Crippen molar-refractivity contribution in [3.63, 3.8) is 0 Å². The molecule has 2 fully saturated rings. The van der Waals surface area contributed by atoms with Gasteiger partial charge in [0.1, 0.15) is 17.3 Å². The molecule has 222 valence electrons. The molecule has 0 radical (unpaired) electrons. The Labute approximate surface area is 251 Å². The van der Waals surface area contributed by atoms with E-state index in [1.54, 1.807) is 24.5 Å². The van der Waals surface area contributed by atoms with E-state index >= 15 is 0 Å². The van der Waals surface area contributed by atoms with Gasteiger partial charge in [-0.2, -0.15) is 4.98 Å². The number of hydrogen-bond donors (Lipinski definition) is 2. The number of nitrogens with one attached hydrogen (secondary N) is 2. The fourth-order valence-electron chi connectivity index (χ4n) is 5.56. The first-order valence-electron chi connectivity index (χ1n) is 14.8. The molecule has 11 heteroatoms. The highest BCUT2D eigenvalue weighted by atomic mass is 16.5. The van der Waals surface area contributed by atoms with Gasteiger partial charge in [0.05, 0.1) is 12.5 Å². The number of pyridine rings is 1. The third kappa shape index (κ3) is 7.68. The summed E-state index contributed by atoms with van der Waals surface area (Å²) in [7, 11) is 2.09. The minimum absolute atomic E-state index is 0.0426. The number of hydrogen-bond acceptors (Lipinski definition) is 11. The van der Waals surface area contributed by atoms with E-state index in [9.17, 15) is 4.79 Å². The largest absolute Gasteiger partial charge is 0.465 e. The summed E-state index contributed by atoms with van der Waals surface area (Å²) in [6.07, 6.45) is 5.30. The second-order valence-corrected chi connectivity index (χ2v) is 11.4. The number of aryl methyl sites for hydroxylation is 1. The summed E-state index contributed by atoms with van der Waals surface area (Å²) in [6.45, 7) is 7.04. The molecule has 2 N–H and O–H groups in total. The number of anilines is 4.